The second kappa shape index (κ2) is 7.75. The smallest absolute Gasteiger partial charge is 0.0577 e. The van der Waals surface area contributed by atoms with Crippen LogP contribution in [0.1, 0.15) is 105 Å². The third kappa shape index (κ3) is 3.42. The van der Waals surface area contributed by atoms with E-state index in [0.717, 1.165) is 48.3 Å². The lowest BCUT2D eigenvalue weighted by molar-refractivity contribution is -0.0573. The Morgan fingerprint density at radius 2 is 1.79 bits per heavy atom. The number of hydrogen-bond acceptors (Lipinski definition) is 1. The van der Waals surface area contributed by atoms with Crippen molar-refractivity contribution in [3.05, 3.63) is 11.6 Å². The van der Waals surface area contributed by atoms with Crippen molar-refractivity contribution in [2.24, 2.45) is 46.3 Å². The van der Waals surface area contributed by atoms with Crippen molar-refractivity contribution >= 4 is 0 Å². The highest BCUT2D eigenvalue weighted by molar-refractivity contribution is 5.25. The number of aliphatic hydroxyl groups is 1. The van der Waals surface area contributed by atoms with Gasteiger partial charge in [-0.3, -0.25) is 0 Å². The van der Waals surface area contributed by atoms with E-state index in [1.54, 1.807) is 5.57 Å². The van der Waals surface area contributed by atoms with Crippen LogP contribution in [0.25, 0.3) is 0 Å². The van der Waals surface area contributed by atoms with Crippen molar-refractivity contribution in [3.8, 4) is 0 Å². The fourth-order valence-corrected chi connectivity index (χ4v) is 8.67. The molecule has 0 aliphatic heterocycles. The van der Waals surface area contributed by atoms with Gasteiger partial charge in [0.15, 0.2) is 0 Å². The lowest BCUT2D eigenvalue weighted by Crippen LogP contribution is -2.50. The minimum Gasteiger partial charge on any atom is -0.393 e. The minimum absolute atomic E-state index is 0.0766. The van der Waals surface area contributed by atoms with Crippen LogP contribution in [0.2, 0.25) is 0 Å². The van der Waals surface area contributed by atoms with Crippen molar-refractivity contribution in [2.45, 2.75) is 111 Å². The quantitative estimate of drug-likeness (QED) is 0.488. The van der Waals surface area contributed by atoms with Crippen LogP contribution >= 0.6 is 0 Å². The average molecular weight is 387 g/mol. The van der Waals surface area contributed by atoms with Gasteiger partial charge < -0.3 is 5.11 Å². The fourth-order valence-electron chi connectivity index (χ4n) is 8.67. The molecule has 4 aliphatic rings. The Balaban J connectivity index is 1.49. The summed E-state index contributed by atoms with van der Waals surface area (Å²) in [6.45, 7) is 12.6. The maximum Gasteiger partial charge on any atom is 0.0577 e. The number of aliphatic hydroxyl groups excluding tert-OH is 1. The van der Waals surface area contributed by atoms with E-state index in [4.69, 9.17) is 0 Å². The molecule has 4 aliphatic carbocycles. The van der Waals surface area contributed by atoms with E-state index >= 15 is 0 Å². The Morgan fingerprint density at radius 3 is 2.54 bits per heavy atom. The maximum atomic E-state index is 10.2. The highest BCUT2D eigenvalue weighted by Gasteiger charge is 2.59. The summed E-state index contributed by atoms with van der Waals surface area (Å²) in [5.74, 6) is 5.46. The van der Waals surface area contributed by atoms with E-state index in [-0.39, 0.29) is 6.10 Å². The minimum atomic E-state index is -0.0766. The number of allylic oxidation sites excluding steroid dienone is 1. The summed E-state index contributed by atoms with van der Waals surface area (Å²) < 4.78 is 0. The molecule has 0 bridgehead atoms. The summed E-state index contributed by atoms with van der Waals surface area (Å²) in [7, 11) is 0. The zero-order valence-electron chi connectivity index (χ0n) is 19.3. The molecule has 160 valence electrons. The summed E-state index contributed by atoms with van der Waals surface area (Å²) in [5.41, 5.74) is 2.60. The fraction of sp³-hybridized carbons (Fsp3) is 0.926. The van der Waals surface area contributed by atoms with Gasteiger partial charge in [-0.2, -0.15) is 0 Å². The summed E-state index contributed by atoms with van der Waals surface area (Å²) in [6.07, 6.45) is 17.2. The molecule has 1 nitrogen and oxygen atoms in total. The first kappa shape index (κ1) is 21.0. The molecule has 1 N–H and O–H groups in total. The molecule has 3 fully saturated rings. The van der Waals surface area contributed by atoms with Gasteiger partial charge in [-0.25, -0.2) is 0 Å². The predicted molar refractivity (Wildman–Crippen MR) is 119 cm³/mol. The Hall–Kier alpha value is -0.300. The van der Waals surface area contributed by atoms with E-state index in [2.05, 4.69) is 40.7 Å². The molecule has 3 saturated carbocycles. The van der Waals surface area contributed by atoms with Crippen LogP contribution in [-0.4, -0.2) is 11.2 Å². The van der Waals surface area contributed by atoms with Crippen LogP contribution in [0, 0.1) is 46.3 Å². The normalized spacial score (nSPS) is 46.5. The lowest BCUT2D eigenvalue weighted by atomic mass is 9.47. The molecule has 0 aromatic carbocycles. The van der Waals surface area contributed by atoms with Crippen LogP contribution in [0.15, 0.2) is 11.6 Å². The molecule has 0 saturated heterocycles. The van der Waals surface area contributed by atoms with Gasteiger partial charge in [0, 0.05) is 0 Å². The van der Waals surface area contributed by atoms with E-state index < -0.39 is 0 Å². The molecule has 0 aromatic heterocycles. The van der Waals surface area contributed by atoms with Gasteiger partial charge in [0.05, 0.1) is 6.10 Å². The first-order chi connectivity index (χ1) is 13.3. The molecule has 4 rings (SSSR count). The van der Waals surface area contributed by atoms with E-state index in [1.807, 2.05) is 0 Å². The summed E-state index contributed by atoms with van der Waals surface area (Å²) in [6, 6.07) is 0. The number of hydrogen-bond donors (Lipinski definition) is 1. The van der Waals surface area contributed by atoms with Crippen molar-refractivity contribution in [2.75, 3.05) is 0 Å². The monoisotopic (exact) mass is 386 g/mol. The molecule has 0 aromatic rings. The van der Waals surface area contributed by atoms with Gasteiger partial charge in [-0.15, -0.1) is 0 Å². The standard InChI is InChI=1S/C27H46O/c1-18(2)7-6-8-19(3)23-11-12-24-22-10-9-20-17-21(28)13-15-26(20,4)25(22)14-16-27(23,24)5/h9,18-19,21-25,28H,6-8,10-17H2,1-5H3/t19-,21+,22+,23+,24+,25+,26+,27-/m1/s1. The molecule has 28 heavy (non-hydrogen) atoms. The van der Waals surface area contributed by atoms with Crippen LogP contribution < -0.4 is 0 Å². The second-order valence-corrected chi connectivity index (χ2v) is 12.2. The third-order valence-corrected chi connectivity index (χ3v) is 10.3. The summed E-state index contributed by atoms with van der Waals surface area (Å²) in [5, 5.41) is 10.2. The maximum absolute atomic E-state index is 10.2. The number of fused-ring (bicyclic) bond motifs is 5. The molecule has 0 radical (unpaired) electrons. The predicted octanol–water partition coefficient (Wildman–Crippen LogP) is 7.39. The molecule has 8 atom stereocenters. The van der Waals surface area contributed by atoms with Gasteiger partial charge in [0.2, 0.25) is 0 Å². The van der Waals surface area contributed by atoms with Gasteiger partial charge in [0.25, 0.3) is 0 Å². The molecule has 0 spiro atoms. The van der Waals surface area contributed by atoms with Crippen molar-refractivity contribution < 1.29 is 5.11 Å². The first-order valence-corrected chi connectivity index (χ1v) is 12.6. The summed E-state index contributed by atoms with van der Waals surface area (Å²) in [4.78, 5) is 0. The molecule has 0 amide bonds. The third-order valence-electron chi connectivity index (χ3n) is 10.3. The zero-order valence-corrected chi connectivity index (χ0v) is 19.3. The average Bonchev–Trinajstić information content (AvgIpc) is 2.99. The van der Waals surface area contributed by atoms with Crippen molar-refractivity contribution in [3.63, 3.8) is 0 Å². The van der Waals surface area contributed by atoms with Gasteiger partial charge in [-0.1, -0.05) is 65.5 Å². The first-order valence-electron chi connectivity index (χ1n) is 12.6. The molecule has 0 heterocycles. The molecular formula is C27H46O. The molecule has 0 unspecified atom stereocenters. The van der Waals surface area contributed by atoms with Gasteiger partial charge in [0.1, 0.15) is 0 Å². The van der Waals surface area contributed by atoms with Crippen molar-refractivity contribution in [1.82, 2.24) is 0 Å². The van der Waals surface area contributed by atoms with Crippen LogP contribution in [0.3, 0.4) is 0 Å². The van der Waals surface area contributed by atoms with Crippen LogP contribution in [0.5, 0.6) is 0 Å². The van der Waals surface area contributed by atoms with E-state index in [0.29, 0.717) is 10.8 Å². The SMILES string of the molecule is CC(C)CCC[C@@H](C)[C@@H]1CC[C@H]2[C@@H]3CC=C4C[C@@H](O)CC[C@]4(C)[C@H]3CC[C@@]21C. The molecule has 1 heteroatoms. The van der Waals surface area contributed by atoms with Crippen molar-refractivity contribution in [1.29, 1.82) is 0 Å². The van der Waals surface area contributed by atoms with E-state index in [9.17, 15) is 5.11 Å². The summed E-state index contributed by atoms with van der Waals surface area (Å²) >= 11 is 0. The Bertz CT molecular complexity index is 591. The molecular weight excluding hydrogens is 340 g/mol. The van der Waals surface area contributed by atoms with Gasteiger partial charge >= 0.3 is 0 Å². The second-order valence-electron chi connectivity index (χ2n) is 12.2. The van der Waals surface area contributed by atoms with Gasteiger partial charge in [-0.05, 0) is 97.7 Å². The van der Waals surface area contributed by atoms with Crippen LogP contribution in [-0.2, 0) is 0 Å². The highest BCUT2D eigenvalue weighted by Crippen LogP contribution is 2.67. The largest absolute Gasteiger partial charge is 0.393 e. The Morgan fingerprint density at radius 1 is 1.00 bits per heavy atom. The van der Waals surface area contributed by atoms with Crippen LogP contribution in [0.4, 0.5) is 0 Å². The lowest BCUT2D eigenvalue weighted by Gasteiger charge is -2.58. The van der Waals surface area contributed by atoms with E-state index in [1.165, 1.54) is 57.8 Å². The number of rotatable bonds is 5. The Labute approximate surface area is 174 Å². The zero-order chi connectivity index (χ0) is 20.1. The Kier molecular flexibility index (Phi) is 5.80. The topological polar surface area (TPSA) is 20.2 Å². The highest BCUT2D eigenvalue weighted by atomic mass is 16.3.